The van der Waals surface area contributed by atoms with Crippen molar-refractivity contribution in [3.8, 4) is 5.75 Å². The van der Waals surface area contributed by atoms with Gasteiger partial charge in [-0.3, -0.25) is 14.7 Å². The second-order valence-corrected chi connectivity index (χ2v) is 9.73. The van der Waals surface area contributed by atoms with Gasteiger partial charge in [0.05, 0.1) is 19.3 Å². The summed E-state index contributed by atoms with van der Waals surface area (Å²) in [6.07, 6.45) is 5.73. The van der Waals surface area contributed by atoms with Gasteiger partial charge in [0.2, 0.25) is 5.89 Å². The van der Waals surface area contributed by atoms with Crippen LogP contribution in [0.15, 0.2) is 52.1 Å². The maximum Gasteiger partial charge on any atom is 0.275 e. The Morgan fingerprint density at radius 3 is 2.50 bits per heavy atom. The molecule has 1 saturated carbocycles. The van der Waals surface area contributed by atoms with Gasteiger partial charge in [0.25, 0.3) is 5.91 Å². The van der Waals surface area contributed by atoms with Gasteiger partial charge >= 0.3 is 0 Å². The van der Waals surface area contributed by atoms with Crippen molar-refractivity contribution in [2.75, 3.05) is 33.3 Å². The summed E-state index contributed by atoms with van der Waals surface area (Å²) in [4.78, 5) is 26.5. The standard InChI is InChI=1S/C18H23N5O2.C9H12OS/c24-18(16-13-25-17(21-16)11-20-14-4-5-14)23-9-7-22(8-10-23)12-15-3-1-2-6-19-15;1-6-4-8(10-3)5-7(2)9(6)11/h1-3,6,13-14,20H,4-5,7-12H2;4-5,11H,1-3H3. The van der Waals surface area contributed by atoms with Crippen molar-refractivity contribution >= 4 is 18.5 Å². The van der Waals surface area contributed by atoms with Gasteiger partial charge < -0.3 is 19.4 Å². The highest BCUT2D eigenvalue weighted by Crippen LogP contribution is 2.24. The first kappa shape index (κ1) is 26.2. The summed E-state index contributed by atoms with van der Waals surface area (Å²) < 4.78 is 10.5. The molecule has 36 heavy (non-hydrogen) atoms. The first-order valence-corrected chi connectivity index (χ1v) is 12.8. The van der Waals surface area contributed by atoms with E-state index < -0.39 is 0 Å². The first-order chi connectivity index (χ1) is 17.4. The Bertz CT molecular complexity index is 1120. The van der Waals surface area contributed by atoms with Crippen molar-refractivity contribution in [3.63, 3.8) is 0 Å². The Hall–Kier alpha value is -2.88. The number of nitrogens with zero attached hydrogens (tertiary/aromatic N) is 4. The first-order valence-electron chi connectivity index (χ1n) is 12.4. The van der Waals surface area contributed by atoms with Gasteiger partial charge in [0.15, 0.2) is 5.69 Å². The molecule has 192 valence electrons. The van der Waals surface area contributed by atoms with Gasteiger partial charge in [-0.25, -0.2) is 4.98 Å². The van der Waals surface area contributed by atoms with Crippen LogP contribution in [0.1, 0.15) is 46.0 Å². The van der Waals surface area contributed by atoms with Crippen LogP contribution in [0.3, 0.4) is 0 Å². The molecule has 1 aliphatic heterocycles. The van der Waals surface area contributed by atoms with Gasteiger partial charge in [-0.1, -0.05) is 6.07 Å². The smallest absolute Gasteiger partial charge is 0.275 e. The Balaban J connectivity index is 0.000000233. The van der Waals surface area contributed by atoms with Gasteiger partial charge in [0, 0.05) is 49.9 Å². The van der Waals surface area contributed by atoms with Gasteiger partial charge in [0.1, 0.15) is 12.0 Å². The van der Waals surface area contributed by atoms with E-state index in [0.717, 1.165) is 47.1 Å². The van der Waals surface area contributed by atoms with Crippen LogP contribution in [-0.2, 0) is 13.1 Å². The van der Waals surface area contributed by atoms with E-state index in [2.05, 4.69) is 32.8 Å². The molecule has 1 amide bonds. The lowest BCUT2D eigenvalue weighted by molar-refractivity contribution is 0.0621. The van der Waals surface area contributed by atoms with E-state index >= 15 is 0 Å². The minimum Gasteiger partial charge on any atom is -0.497 e. The van der Waals surface area contributed by atoms with Gasteiger partial charge in [-0.15, -0.1) is 12.6 Å². The van der Waals surface area contributed by atoms with Crippen LogP contribution in [0.5, 0.6) is 5.75 Å². The number of pyridine rings is 1. The number of aryl methyl sites for hydroxylation is 2. The molecule has 2 fully saturated rings. The molecular weight excluding hydrogens is 474 g/mol. The highest BCUT2D eigenvalue weighted by molar-refractivity contribution is 7.80. The van der Waals surface area contributed by atoms with E-state index in [1.807, 2.05) is 55.3 Å². The minimum absolute atomic E-state index is 0.0427. The Morgan fingerprint density at radius 2 is 1.89 bits per heavy atom. The number of hydrogen-bond acceptors (Lipinski definition) is 8. The fourth-order valence-corrected chi connectivity index (χ4v) is 4.16. The molecule has 1 aliphatic carbocycles. The SMILES string of the molecule is COc1cc(C)c(S)c(C)c1.O=C(c1coc(CNC2CC2)n1)N1CCN(Cc2ccccn2)CC1. The Morgan fingerprint density at radius 1 is 1.17 bits per heavy atom. The molecule has 9 heteroatoms. The molecule has 1 saturated heterocycles. The highest BCUT2D eigenvalue weighted by atomic mass is 32.1. The van der Waals surface area contributed by atoms with Crippen LogP contribution in [0.2, 0.25) is 0 Å². The predicted molar refractivity (Wildman–Crippen MR) is 142 cm³/mol. The number of carbonyl (C=O) groups is 1. The highest BCUT2D eigenvalue weighted by Gasteiger charge is 2.25. The Kier molecular flexibility index (Phi) is 9.01. The molecule has 0 radical (unpaired) electrons. The van der Waals surface area contributed by atoms with Crippen molar-refractivity contribution in [2.24, 2.45) is 0 Å². The third-order valence-electron chi connectivity index (χ3n) is 6.36. The van der Waals surface area contributed by atoms with Crippen LogP contribution in [0.4, 0.5) is 0 Å². The van der Waals surface area contributed by atoms with E-state index in [9.17, 15) is 4.79 Å². The average molecular weight is 510 g/mol. The van der Waals surface area contributed by atoms with Crippen molar-refractivity contribution in [1.82, 2.24) is 25.1 Å². The zero-order chi connectivity index (χ0) is 25.5. The monoisotopic (exact) mass is 509 g/mol. The summed E-state index contributed by atoms with van der Waals surface area (Å²) in [5.74, 6) is 1.45. The molecule has 2 aromatic heterocycles. The van der Waals surface area contributed by atoms with E-state index in [-0.39, 0.29) is 5.91 Å². The number of thiol groups is 1. The maximum absolute atomic E-state index is 12.6. The number of hydrogen-bond donors (Lipinski definition) is 2. The fraction of sp³-hybridized carbons (Fsp3) is 0.444. The molecule has 1 N–H and O–H groups in total. The number of rotatable bonds is 7. The number of amides is 1. The number of benzene rings is 1. The van der Waals surface area contributed by atoms with Crippen LogP contribution >= 0.6 is 12.6 Å². The second kappa shape index (κ2) is 12.4. The summed E-state index contributed by atoms with van der Waals surface area (Å²) in [6.45, 7) is 8.56. The lowest BCUT2D eigenvalue weighted by Crippen LogP contribution is -2.48. The largest absolute Gasteiger partial charge is 0.497 e. The van der Waals surface area contributed by atoms with Crippen molar-refractivity contribution in [1.29, 1.82) is 0 Å². The molecule has 0 bridgehead atoms. The molecule has 8 nitrogen and oxygen atoms in total. The third kappa shape index (κ3) is 7.32. The second-order valence-electron chi connectivity index (χ2n) is 9.28. The van der Waals surface area contributed by atoms with E-state index in [0.29, 0.717) is 37.3 Å². The van der Waals surface area contributed by atoms with Crippen LogP contribution in [0, 0.1) is 13.8 Å². The maximum atomic E-state index is 12.6. The zero-order valence-electron chi connectivity index (χ0n) is 21.2. The topological polar surface area (TPSA) is 83.7 Å². The van der Waals surface area contributed by atoms with E-state index in [1.54, 1.807) is 7.11 Å². The molecule has 0 unspecified atom stereocenters. The fourth-order valence-electron chi connectivity index (χ4n) is 4.04. The van der Waals surface area contributed by atoms with Gasteiger partial charge in [-0.2, -0.15) is 0 Å². The van der Waals surface area contributed by atoms with Crippen LogP contribution in [0.25, 0.3) is 0 Å². The van der Waals surface area contributed by atoms with Gasteiger partial charge in [-0.05, 0) is 62.1 Å². The summed E-state index contributed by atoms with van der Waals surface area (Å²) >= 11 is 4.34. The molecule has 3 aromatic rings. The number of piperazine rings is 1. The quantitative estimate of drug-likeness (QED) is 0.468. The van der Waals surface area contributed by atoms with Crippen molar-refractivity contribution < 1.29 is 13.9 Å². The minimum atomic E-state index is -0.0427. The molecule has 0 atom stereocenters. The zero-order valence-corrected chi connectivity index (χ0v) is 22.1. The van der Waals surface area contributed by atoms with Crippen LogP contribution < -0.4 is 10.1 Å². The number of nitrogens with one attached hydrogen (secondary N) is 1. The van der Waals surface area contributed by atoms with Crippen molar-refractivity contribution in [2.45, 2.75) is 50.7 Å². The van der Waals surface area contributed by atoms with E-state index in [1.165, 1.54) is 19.1 Å². The lowest BCUT2D eigenvalue weighted by Gasteiger charge is -2.34. The normalized spacial score (nSPS) is 15.8. The lowest BCUT2D eigenvalue weighted by atomic mass is 10.1. The molecule has 3 heterocycles. The molecule has 0 spiro atoms. The molecule has 2 aliphatic rings. The third-order valence-corrected chi connectivity index (χ3v) is 7.07. The number of carbonyl (C=O) groups excluding carboxylic acids is 1. The summed E-state index contributed by atoms with van der Waals surface area (Å²) in [6, 6.07) is 10.5. The summed E-state index contributed by atoms with van der Waals surface area (Å²) in [5.41, 5.74) is 3.78. The molecule has 1 aromatic carbocycles. The van der Waals surface area contributed by atoms with Crippen molar-refractivity contribution in [3.05, 3.63) is 71.2 Å². The summed E-state index contributed by atoms with van der Waals surface area (Å²) in [5, 5.41) is 3.34. The predicted octanol–water partition coefficient (Wildman–Crippen LogP) is 3.88. The Labute approximate surface area is 218 Å². The number of aromatic nitrogens is 2. The number of ether oxygens (including phenoxy) is 1. The van der Waals surface area contributed by atoms with Crippen LogP contribution in [-0.4, -0.2) is 65.0 Å². The average Bonchev–Trinajstić information content (AvgIpc) is 3.61. The number of oxazole rings is 1. The molecular formula is C27H35N5O3S. The molecule has 5 rings (SSSR count). The number of methoxy groups -OCH3 is 1. The van der Waals surface area contributed by atoms with E-state index in [4.69, 9.17) is 9.15 Å². The summed E-state index contributed by atoms with van der Waals surface area (Å²) in [7, 11) is 1.67.